The number of rotatable bonds is 6. The number of amides is 1. The quantitative estimate of drug-likeness (QED) is 0.674. The Balaban J connectivity index is 1.75. The maximum absolute atomic E-state index is 11.7. The molecule has 1 amide bonds. The summed E-state index contributed by atoms with van der Waals surface area (Å²) >= 11 is 1.56. The number of nitrogens with one attached hydrogen (secondary N) is 1. The number of carbonyl (C=O) groups excluding carboxylic acids is 1. The van der Waals surface area contributed by atoms with E-state index in [1.165, 1.54) is 0 Å². The molecule has 1 aliphatic rings. The van der Waals surface area contributed by atoms with Crippen LogP contribution in [0.2, 0.25) is 0 Å². The highest BCUT2D eigenvalue weighted by Gasteiger charge is 2.17. The number of carbonyl (C=O) groups is 1. The first-order chi connectivity index (χ1) is 14.2. The summed E-state index contributed by atoms with van der Waals surface area (Å²) in [5.41, 5.74) is 3.49. The molecule has 1 N–H and O–H groups in total. The van der Waals surface area contributed by atoms with Gasteiger partial charge in [-0.2, -0.15) is 0 Å². The van der Waals surface area contributed by atoms with E-state index in [1.807, 2.05) is 42.5 Å². The van der Waals surface area contributed by atoms with Crippen molar-refractivity contribution in [3.8, 4) is 22.8 Å². The molecule has 1 aliphatic heterocycles. The summed E-state index contributed by atoms with van der Waals surface area (Å²) in [5.74, 6) is 1.32. The zero-order valence-corrected chi connectivity index (χ0v) is 17.0. The van der Waals surface area contributed by atoms with E-state index in [0.29, 0.717) is 24.6 Å². The van der Waals surface area contributed by atoms with E-state index in [0.717, 1.165) is 27.5 Å². The van der Waals surface area contributed by atoms with E-state index in [2.05, 4.69) is 15.3 Å². The smallest absolute Gasteiger partial charge is 0.262 e. The average Bonchev–Trinajstić information content (AvgIpc) is 3.14. The predicted octanol–water partition coefficient (Wildman–Crippen LogP) is 3.43. The number of hydrogen-bond donors (Lipinski definition) is 1. The number of thiazole rings is 1. The van der Waals surface area contributed by atoms with Crippen LogP contribution in [0.5, 0.6) is 11.5 Å². The molecule has 0 fully saturated rings. The Hall–Kier alpha value is -3.10. The zero-order chi connectivity index (χ0) is 20.2. The lowest BCUT2D eigenvalue weighted by atomic mass is 10.1. The van der Waals surface area contributed by atoms with Gasteiger partial charge < -0.3 is 24.1 Å². The van der Waals surface area contributed by atoms with Crippen molar-refractivity contribution in [2.45, 2.75) is 6.54 Å². The van der Waals surface area contributed by atoms with Crippen molar-refractivity contribution in [3.05, 3.63) is 52.6 Å². The SMILES string of the molecule is COCCn1c(-c2ccc3c(c2)NC(=O)CO3)csc1=Nc1ccc(OC)cc1. The molecular weight excluding hydrogens is 390 g/mol. The van der Waals surface area contributed by atoms with Crippen molar-refractivity contribution in [2.24, 2.45) is 4.99 Å². The van der Waals surface area contributed by atoms with E-state index in [-0.39, 0.29) is 12.5 Å². The van der Waals surface area contributed by atoms with Crippen molar-refractivity contribution in [2.75, 3.05) is 32.8 Å². The van der Waals surface area contributed by atoms with Gasteiger partial charge in [0.05, 0.1) is 30.8 Å². The van der Waals surface area contributed by atoms with Crippen LogP contribution < -0.4 is 19.6 Å². The number of benzene rings is 2. The number of aromatic nitrogens is 1. The lowest BCUT2D eigenvalue weighted by Crippen LogP contribution is -2.25. The van der Waals surface area contributed by atoms with Crippen LogP contribution >= 0.6 is 11.3 Å². The van der Waals surface area contributed by atoms with Crippen LogP contribution in [0.1, 0.15) is 0 Å². The van der Waals surface area contributed by atoms with Gasteiger partial charge in [0.2, 0.25) is 0 Å². The number of hydrogen-bond acceptors (Lipinski definition) is 6. The van der Waals surface area contributed by atoms with E-state index < -0.39 is 0 Å². The topological polar surface area (TPSA) is 74.1 Å². The number of anilines is 1. The van der Waals surface area contributed by atoms with Crippen LogP contribution in [-0.4, -0.2) is 37.9 Å². The summed E-state index contributed by atoms with van der Waals surface area (Å²) in [7, 11) is 3.32. The molecular formula is C21H21N3O4S. The van der Waals surface area contributed by atoms with Crippen molar-refractivity contribution in [3.63, 3.8) is 0 Å². The molecule has 0 saturated heterocycles. The first-order valence-corrected chi connectivity index (χ1v) is 9.99. The maximum Gasteiger partial charge on any atom is 0.262 e. The van der Waals surface area contributed by atoms with Gasteiger partial charge in [-0.15, -0.1) is 11.3 Å². The Morgan fingerprint density at radius 1 is 1.21 bits per heavy atom. The fourth-order valence-electron chi connectivity index (χ4n) is 3.06. The number of methoxy groups -OCH3 is 2. The van der Waals surface area contributed by atoms with E-state index in [1.54, 1.807) is 25.6 Å². The summed E-state index contributed by atoms with van der Waals surface area (Å²) < 4.78 is 18.1. The highest BCUT2D eigenvalue weighted by Crippen LogP contribution is 2.33. The zero-order valence-electron chi connectivity index (χ0n) is 16.2. The lowest BCUT2D eigenvalue weighted by Gasteiger charge is -2.19. The summed E-state index contributed by atoms with van der Waals surface area (Å²) in [6.45, 7) is 1.26. The summed E-state index contributed by atoms with van der Waals surface area (Å²) in [4.78, 5) is 17.3. The normalized spacial score (nSPS) is 13.6. The van der Waals surface area contributed by atoms with Crippen LogP contribution in [0.3, 0.4) is 0 Å². The Labute approximate surface area is 172 Å². The van der Waals surface area contributed by atoms with Crippen molar-refractivity contribution < 1.29 is 19.0 Å². The first-order valence-electron chi connectivity index (χ1n) is 9.11. The molecule has 8 heteroatoms. The van der Waals surface area contributed by atoms with Gasteiger partial charge in [-0.05, 0) is 42.5 Å². The molecule has 0 unspecified atom stereocenters. The standard InChI is InChI=1S/C21H21N3O4S/c1-26-10-9-24-18(14-3-8-19-17(11-14)23-20(25)12-28-19)13-29-21(24)22-15-4-6-16(27-2)7-5-15/h3-8,11,13H,9-10,12H2,1-2H3,(H,23,25). The number of ether oxygens (including phenoxy) is 3. The molecule has 29 heavy (non-hydrogen) atoms. The van der Waals surface area contributed by atoms with E-state index in [9.17, 15) is 4.79 Å². The number of fused-ring (bicyclic) bond motifs is 1. The Bertz CT molecular complexity index is 1090. The average molecular weight is 411 g/mol. The third kappa shape index (κ3) is 4.18. The molecule has 2 heterocycles. The van der Waals surface area contributed by atoms with Gasteiger partial charge in [0.15, 0.2) is 11.4 Å². The van der Waals surface area contributed by atoms with Gasteiger partial charge in [-0.25, -0.2) is 4.99 Å². The minimum Gasteiger partial charge on any atom is -0.497 e. The van der Waals surface area contributed by atoms with Crippen molar-refractivity contribution in [1.82, 2.24) is 4.57 Å². The van der Waals surface area contributed by atoms with Crippen LogP contribution in [-0.2, 0) is 16.1 Å². The van der Waals surface area contributed by atoms with E-state index >= 15 is 0 Å². The molecule has 0 aliphatic carbocycles. The molecule has 2 aromatic carbocycles. The number of nitrogens with zero attached hydrogens (tertiary/aromatic N) is 2. The minimum atomic E-state index is -0.151. The van der Waals surface area contributed by atoms with Gasteiger partial charge >= 0.3 is 0 Å². The Morgan fingerprint density at radius 3 is 2.79 bits per heavy atom. The van der Waals surface area contributed by atoms with Gasteiger partial charge in [0, 0.05) is 24.6 Å². The molecule has 150 valence electrons. The molecule has 3 aromatic rings. The Morgan fingerprint density at radius 2 is 2.03 bits per heavy atom. The second-order valence-electron chi connectivity index (χ2n) is 6.41. The van der Waals surface area contributed by atoms with Crippen LogP contribution in [0.4, 0.5) is 11.4 Å². The molecule has 0 spiro atoms. The molecule has 0 saturated carbocycles. The molecule has 0 atom stereocenters. The van der Waals surface area contributed by atoms with Gasteiger partial charge in [-0.1, -0.05) is 0 Å². The van der Waals surface area contributed by atoms with Gasteiger partial charge in [0.25, 0.3) is 5.91 Å². The highest BCUT2D eigenvalue weighted by molar-refractivity contribution is 7.07. The van der Waals surface area contributed by atoms with Crippen molar-refractivity contribution >= 4 is 28.6 Å². The monoisotopic (exact) mass is 411 g/mol. The summed E-state index contributed by atoms with van der Waals surface area (Å²) in [6, 6.07) is 13.4. The summed E-state index contributed by atoms with van der Waals surface area (Å²) in [5, 5.41) is 4.92. The fourth-order valence-corrected chi connectivity index (χ4v) is 4.01. The second-order valence-corrected chi connectivity index (χ2v) is 7.24. The third-order valence-electron chi connectivity index (χ3n) is 4.52. The maximum atomic E-state index is 11.7. The molecule has 0 radical (unpaired) electrons. The first kappa shape index (κ1) is 19.2. The summed E-state index contributed by atoms with van der Waals surface area (Å²) in [6.07, 6.45) is 0. The third-order valence-corrected chi connectivity index (χ3v) is 5.39. The fraction of sp³-hybridized carbons (Fsp3) is 0.238. The van der Waals surface area contributed by atoms with Gasteiger partial charge in [0.1, 0.15) is 11.5 Å². The van der Waals surface area contributed by atoms with Crippen LogP contribution in [0.25, 0.3) is 11.3 Å². The van der Waals surface area contributed by atoms with Crippen LogP contribution in [0, 0.1) is 0 Å². The molecule has 0 bridgehead atoms. The second kappa shape index (κ2) is 8.50. The molecule has 7 nitrogen and oxygen atoms in total. The largest absolute Gasteiger partial charge is 0.497 e. The van der Waals surface area contributed by atoms with Crippen LogP contribution in [0.15, 0.2) is 52.8 Å². The minimum absolute atomic E-state index is 0.0452. The lowest BCUT2D eigenvalue weighted by molar-refractivity contribution is -0.118. The predicted molar refractivity (Wildman–Crippen MR) is 112 cm³/mol. The molecule has 1 aromatic heterocycles. The van der Waals surface area contributed by atoms with E-state index in [4.69, 9.17) is 19.2 Å². The highest BCUT2D eigenvalue weighted by atomic mass is 32.1. The van der Waals surface area contributed by atoms with Crippen molar-refractivity contribution in [1.29, 1.82) is 0 Å². The van der Waals surface area contributed by atoms with Gasteiger partial charge in [-0.3, -0.25) is 4.79 Å². The Kier molecular flexibility index (Phi) is 5.64. The molecule has 4 rings (SSSR count).